The summed E-state index contributed by atoms with van der Waals surface area (Å²) < 4.78 is 36.3. The molecular weight excluding hydrogens is 497 g/mol. The lowest BCUT2D eigenvalue weighted by Crippen LogP contribution is -2.39. The molecule has 1 aliphatic rings. The third kappa shape index (κ3) is 6.69. The maximum Gasteiger partial charge on any atom is 0.459 e. The van der Waals surface area contributed by atoms with Crippen LogP contribution in [0, 0.1) is 6.92 Å². The van der Waals surface area contributed by atoms with Gasteiger partial charge in [0, 0.05) is 11.8 Å². The maximum atomic E-state index is 13.6. The number of nitrogens with one attached hydrogen (secondary N) is 2. The molecule has 0 radical (unpaired) electrons. The van der Waals surface area contributed by atoms with Crippen LogP contribution in [0.2, 0.25) is 0 Å². The Morgan fingerprint density at radius 1 is 1.19 bits per heavy atom. The molecule has 0 spiro atoms. The fraction of sp³-hybridized carbons (Fsp3) is 0.500. The van der Waals surface area contributed by atoms with E-state index in [0.717, 1.165) is 4.57 Å². The van der Waals surface area contributed by atoms with Gasteiger partial charge in [-0.2, -0.15) is 5.09 Å². The summed E-state index contributed by atoms with van der Waals surface area (Å²) in [4.78, 5) is 38.2. The molecule has 4 N–H and O–H groups in total. The summed E-state index contributed by atoms with van der Waals surface area (Å²) in [5.74, 6) is -0.509. The molecule has 36 heavy (non-hydrogen) atoms. The number of aromatic amines is 1. The number of hydrogen-bond donors (Lipinski definition) is 4. The van der Waals surface area contributed by atoms with E-state index in [0.29, 0.717) is 0 Å². The van der Waals surface area contributed by atoms with E-state index in [1.165, 1.54) is 32.2 Å². The van der Waals surface area contributed by atoms with Crippen molar-refractivity contribution in [2.24, 2.45) is 0 Å². The molecule has 0 bridgehead atoms. The Bertz CT molecular complexity index is 1210. The Balaban J connectivity index is 1.77. The molecule has 3 rings (SSSR count). The fourth-order valence-electron chi connectivity index (χ4n) is 3.38. The van der Waals surface area contributed by atoms with E-state index in [-0.39, 0.29) is 11.3 Å². The summed E-state index contributed by atoms with van der Waals surface area (Å²) in [5.41, 5.74) is -1.26. The van der Waals surface area contributed by atoms with Gasteiger partial charge in [-0.15, -0.1) is 0 Å². The van der Waals surface area contributed by atoms with Gasteiger partial charge >= 0.3 is 19.4 Å². The molecule has 14 heteroatoms. The SMILES string of the molecule is Cc1cn([C@H]2O[C@@H](CO[P@@](=O)(N[C@@H](C)C(=O)OC(C)C)Oc3ccccc3)C(O)[C@H]2O)c(=O)[nH]c1=O. The van der Waals surface area contributed by atoms with Gasteiger partial charge in [-0.3, -0.25) is 23.7 Å². The number of esters is 1. The van der Waals surface area contributed by atoms with Gasteiger partial charge in [0.1, 0.15) is 30.1 Å². The molecular formula is C22H30N3O10P. The molecule has 1 unspecified atom stereocenters. The number of nitrogens with zero attached hydrogens (tertiary/aromatic N) is 1. The average molecular weight is 527 g/mol. The molecule has 1 aromatic heterocycles. The van der Waals surface area contributed by atoms with E-state index in [2.05, 4.69) is 10.1 Å². The summed E-state index contributed by atoms with van der Waals surface area (Å²) in [6.07, 6.45) is -4.91. The molecule has 1 fully saturated rings. The molecule has 1 saturated heterocycles. The molecule has 0 saturated carbocycles. The van der Waals surface area contributed by atoms with Gasteiger partial charge in [0.15, 0.2) is 6.23 Å². The van der Waals surface area contributed by atoms with Gasteiger partial charge in [-0.25, -0.2) is 9.36 Å². The number of aliphatic hydroxyl groups excluding tert-OH is 2. The number of aryl methyl sites for hydroxylation is 1. The van der Waals surface area contributed by atoms with Gasteiger partial charge < -0.3 is 24.2 Å². The molecule has 0 amide bonds. The predicted molar refractivity (Wildman–Crippen MR) is 126 cm³/mol. The Morgan fingerprint density at radius 2 is 1.86 bits per heavy atom. The zero-order chi connectivity index (χ0) is 26.6. The Hall–Kier alpha value is -2.80. The van der Waals surface area contributed by atoms with Gasteiger partial charge in [-0.1, -0.05) is 18.2 Å². The van der Waals surface area contributed by atoms with Crippen molar-refractivity contribution in [2.75, 3.05) is 6.61 Å². The van der Waals surface area contributed by atoms with Crippen molar-refractivity contribution < 1.29 is 38.1 Å². The first-order valence-electron chi connectivity index (χ1n) is 11.2. The second-order valence-corrected chi connectivity index (χ2v) is 10.3. The van der Waals surface area contributed by atoms with Crippen molar-refractivity contribution in [1.82, 2.24) is 14.6 Å². The zero-order valence-corrected chi connectivity index (χ0v) is 21.1. The highest BCUT2D eigenvalue weighted by molar-refractivity contribution is 7.52. The maximum absolute atomic E-state index is 13.6. The van der Waals surface area contributed by atoms with Crippen molar-refractivity contribution >= 4 is 13.7 Å². The number of H-pyrrole nitrogens is 1. The highest BCUT2D eigenvalue weighted by atomic mass is 31.2. The van der Waals surface area contributed by atoms with E-state index in [1.54, 1.807) is 32.0 Å². The van der Waals surface area contributed by atoms with Gasteiger partial charge in [0.2, 0.25) is 0 Å². The number of carbonyl (C=O) groups is 1. The lowest BCUT2D eigenvalue weighted by Gasteiger charge is -2.25. The van der Waals surface area contributed by atoms with Crippen LogP contribution >= 0.6 is 7.75 Å². The summed E-state index contributed by atoms with van der Waals surface area (Å²) in [7, 11) is -4.25. The monoisotopic (exact) mass is 527 g/mol. The smallest absolute Gasteiger partial charge is 0.459 e. The van der Waals surface area contributed by atoms with Crippen LogP contribution < -0.4 is 20.9 Å². The predicted octanol–water partition coefficient (Wildman–Crippen LogP) is 0.598. The normalized spacial score (nSPS) is 24.3. The number of ether oxygens (including phenoxy) is 2. The summed E-state index contributed by atoms with van der Waals surface area (Å²) in [6, 6.07) is 6.98. The van der Waals surface area contributed by atoms with Crippen LogP contribution in [-0.4, -0.2) is 62.8 Å². The van der Waals surface area contributed by atoms with E-state index in [1.807, 2.05) is 0 Å². The van der Waals surface area contributed by atoms with Crippen LogP contribution in [0.5, 0.6) is 5.75 Å². The average Bonchev–Trinajstić information content (AvgIpc) is 3.08. The lowest BCUT2D eigenvalue weighted by molar-refractivity contribution is -0.149. The van der Waals surface area contributed by atoms with Crippen LogP contribution in [0.3, 0.4) is 0 Å². The second kappa shape index (κ2) is 11.5. The molecule has 13 nitrogen and oxygen atoms in total. The quantitative estimate of drug-likeness (QED) is 0.251. The molecule has 6 atom stereocenters. The van der Waals surface area contributed by atoms with Crippen molar-refractivity contribution in [3.63, 3.8) is 0 Å². The minimum Gasteiger partial charge on any atom is -0.462 e. The van der Waals surface area contributed by atoms with E-state index in [9.17, 15) is 29.2 Å². The topological polar surface area (TPSA) is 178 Å². The van der Waals surface area contributed by atoms with Gasteiger partial charge in [0.05, 0.1) is 12.7 Å². The number of carbonyl (C=O) groups excluding carboxylic acids is 1. The standard InChI is InChI=1S/C22H30N3O10P/c1-12(2)33-21(29)14(4)24-36(31,35-15-8-6-5-7-9-15)32-11-16-17(26)18(27)20(34-16)25-10-13(3)19(28)23-22(25)30/h5-10,12,14,16-18,20,26-27H,11H2,1-4H3,(H,24,31)(H,23,28,30)/t14-,16-,17?,18+,20-,36-/m0/s1. The Kier molecular flexibility index (Phi) is 8.88. The number of benzene rings is 1. The number of hydrogen-bond acceptors (Lipinski definition) is 10. The summed E-state index contributed by atoms with van der Waals surface area (Å²) in [5, 5.41) is 23.5. The molecule has 1 aliphatic heterocycles. The highest BCUT2D eigenvalue weighted by Crippen LogP contribution is 2.46. The van der Waals surface area contributed by atoms with Crippen LogP contribution in [0.1, 0.15) is 32.6 Å². The highest BCUT2D eigenvalue weighted by Gasteiger charge is 2.46. The Morgan fingerprint density at radius 3 is 2.50 bits per heavy atom. The largest absolute Gasteiger partial charge is 0.462 e. The zero-order valence-electron chi connectivity index (χ0n) is 20.2. The van der Waals surface area contributed by atoms with E-state index in [4.69, 9.17) is 18.5 Å². The molecule has 1 aromatic carbocycles. The first kappa shape index (κ1) is 27.8. The second-order valence-electron chi connectivity index (χ2n) is 8.56. The van der Waals surface area contributed by atoms with Crippen LogP contribution in [0.25, 0.3) is 0 Å². The number of aliphatic hydroxyl groups is 2. The van der Waals surface area contributed by atoms with Crippen molar-refractivity contribution in [2.45, 2.75) is 64.4 Å². The number of para-hydroxylation sites is 1. The third-order valence-corrected chi connectivity index (χ3v) is 6.84. The van der Waals surface area contributed by atoms with Crippen LogP contribution in [-0.2, 0) is 23.4 Å². The van der Waals surface area contributed by atoms with Gasteiger partial charge in [-0.05, 0) is 39.8 Å². The van der Waals surface area contributed by atoms with Crippen LogP contribution in [0.15, 0.2) is 46.1 Å². The summed E-state index contributed by atoms with van der Waals surface area (Å²) >= 11 is 0. The van der Waals surface area contributed by atoms with Crippen LogP contribution in [0.4, 0.5) is 0 Å². The van der Waals surface area contributed by atoms with Crippen molar-refractivity contribution in [3.05, 3.63) is 62.9 Å². The molecule has 2 heterocycles. The number of rotatable bonds is 10. The molecule has 0 aliphatic carbocycles. The first-order chi connectivity index (χ1) is 16.9. The third-order valence-electron chi connectivity index (χ3n) is 5.19. The van der Waals surface area contributed by atoms with E-state index < -0.39 is 68.3 Å². The number of aromatic nitrogens is 2. The lowest BCUT2D eigenvalue weighted by atomic mass is 10.1. The minimum atomic E-state index is -4.25. The van der Waals surface area contributed by atoms with Crippen molar-refractivity contribution in [1.29, 1.82) is 0 Å². The molecule has 198 valence electrons. The minimum absolute atomic E-state index is 0.179. The van der Waals surface area contributed by atoms with Crippen molar-refractivity contribution in [3.8, 4) is 5.75 Å². The molecule has 2 aromatic rings. The fourth-order valence-corrected chi connectivity index (χ4v) is 4.88. The summed E-state index contributed by atoms with van der Waals surface area (Å²) in [6.45, 7) is 5.66. The Labute approximate surface area is 206 Å². The van der Waals surface area contributed by atoms with E-state index >= 15 is 0 Å². The van der Waals surface area contributed by atoms with Gasteiger partial charge in [0.25, 0.3) is 5.56 Å². The first-order valence-corrected chi connectivity index (χ1v) is 12.8.